The van der Waals surface area contributed by atoms with Crippen LogP contribution in [-0.4, -0.2) is 279 Å². The number of nitrogens with zero attached hydrogens (tertiary/aromatic N) is 3. The van der Waals surface area contributed by atoms with Gasteiger partial charge in [-0.2, -0.15) is 9.90 Å². The number of aromatic nitrogens is 3. The summed E-state index contributed by atoms with van der Waals surface area (Å²) in [6.07, 6.45) is -46.6. The van der Waals surface area contributed by atoms with E-state index in [0.717, 1.165) is 122 Å². The summed E-state index contributed by atoms with van der Waals surface area (Å²) in [4.78, 5) is 211. The first-order chi connectivity index (χ1) is 52.2. The Morgan fingerprint density at radius 3 is 0.937 bits per heavy atom. The summed E-state index contributed by atoms with van der Waals surface area (Å²) in [7, 11) is 0. The molecule has 43 heteroatoms. The number of carbonyl (C=O) groups excluding carboxylic acids is 16. The molecule has 2 aromatic rings. The molecule has 0 spiro atoms. The summed E-state index contributed by atoms with van der Waals surface area (Å²) in [6.45, 7) is 10.1. The predicted octanol–water partition coefficient (Wildman–Crippen LogP) is -0.556. The highest BCUT2D eigenvalue weighted by Crippen LogP contribution is 2.41. The zero-order chi connectivity index (χ0) is 82.4. The van der Waals surface area contributed by atoms with Gasteiger partial charge in [0, 0.05) is 111 Å². The van der Waals surface area contributed by atoms with Crippen LogP contribution in [0.5, 0.6) is 0 Å². The second kappa shape index (κ2) is 41.6. The van der Waals surface area contributed by atoms with E-state index in [0.29, 0.717) is 5.69 Å². The molecule has 3 unspecified atom stereocenters. The first-order valence-electron chi connectivity index (χ1n) is 34.0. The number of carbonyl (C=O) groups is 16. The van der Waals surface area contributed by atoms with Crippen molar-refractivity contribution >= 4 is 95.5 Å². The van der Waals surface area contributed by atoms with Gasteiger partial charge in [-0.05, 0) is 12.1 Å². The van der Waals surface area contributed by atoms with Gasteiger partial charge >= 0.3 is 95.5 Å². The third-order valence-corrected chi connectivity index (χ3v) is 15.6. The Labute approximate surface area is 631 Å². The van der Waals surface area contributed by atoms with Gasteiger partial charge in [0.05, 0.1) is 11.9 Å². The zero-order valence-electron chi connectivity index (χ0n) is 63.0. The Balaban J connectivity index is 1.54. The van der Waals surface area contributed by atoms with Gasteiger partial charge in [0.15, 0.2) is 92.3 Å². The maximum atomic E-state index is 13.7. The number of hydrogen-bond acceptors (Lipinski definition) is 42. The van der Waals surface area contributed by atoms with E-state index >= 15 is 0 Å². The fourth-order valence-corrected chi connectivity index (χ4v) is 11.8. The van der Waals surface area contributed by atoms with E-state index < -0.39 is 270 Å². The van der Waals surface area contributed by atoms with Crippen molar-refractivity contribution in [3.8, 4) is 5.69 Å². The van der Waals surface area contributed by atoms with Crippen molar-refractivity contribution in [2.45, 2.75) is 252 Å². The average molecular weight is 1590 g/mol. The van der Waals surface area contributed by atoms with Crippen LogP contribution < -0.4 is 0 Å². The van der Waals surface area contributed by atoms with Crippen LogP contribution in [0.2, 0.25) is 0 Å². The van der Waals surface area contributed by atoms with E-state index in [9.17, 15) is 76.7 Å². The van der Waals surface area contributed by atoms with E-state index in [1.165, 1.54) is 0 Å². The van der Waals surface area contributed by atoms with Gasteiger partial charge in [0.2, 0.25) is 0 Å². The Morgan fingerprint density at radius 2 is 0.622 bits per heavy atom. The lowest BCUT2D eigenvalue weighted by molar-refractivity contribution is -0.390. The van der Waals surface area contributed by atoms with Crippen molar-refractivity contribution < 1.29 is 190 Å². The van der Waals surface area contributed by atoms with Crippen molar-refractivity contribution in [1.82, 2.24) is 15.0 Å². The molecule has 0 radical (unpaired) electrons. The summed E-state index contributed by atoms with van der Waals surface area (Å²) in [5.41, 5.74) is 0.133. The molecule has 43 nitrogen and oxygen atoms in total. The Morgan fingerprint density at radius 1 is 0.333 bits per heavy atom. The molecule has 111 heavy (non-hydrogen) atoms. The lowest BCUT2D eigenvalue weighted by Crippen LogP contribution is -2.69. The molecule has 0 saturated carbocycles. The molecule has 4 aliphatic heterocycles. The van der Waals surface area contributed by atoms with Crippen molar-refractivity contribution in [3.05, 3.63) is 42.2 Å². The highest BCUT2D eigenvalue weighted by atomic mass is 16.8. The van der Waals surface area contributed by atoms with Gasteiger partial charge in [-0.25, -0.2) is 0 Å². The Bertz CT molecular complexity index is 3660. The van der Waals surface area contributed by atoms with Crippen LogP contribution in [-0.2, 0) is 190 Å². The van der Waals surface area contributed by atoms with Crippen molar-refractivity contribution in [2.75, 3.05) is 33.0 Å². The smallest absolute Gasteiger partial charge is 0.303 e. The standard InChI is InChI=1S/C68H87N3O40/c1-28(72)88-23-46(93-33(6)77)52(51(94-34(7)78)45-22-69-71(70-45)44-20-18-17-19-21-44)108-65-62(101-41(14)85)58(97-37(10)81)54(48(105-65)25-90-30(3)74)110-67-64(103-43(16)87)60(99-39(12)83)56(50(107-67)27-92-32(5)76)111-68-63(102-42(15)86)59(98-38(11)82)55(49(106-68)26-91-31(4)75)109-66-61(100-40(13)84)57(96-36(9)80)53(95-35(8)79)47(104-66)24-89-29(2)73/h17-22,46-68H,23-27H2,1-16H3/t46?,47-,48-,49-,50-,51?,52?,53-,54-,55-,56-,57+,58+,59+,60+,61-,62-,63-,64-,65+,66+,67+,68+/m1/s1. The van der Waals surface area contributed by atoms with Crippen LogP contribution in [0.25, 0.3) is 5.69 Å². The molecule has 4 saturated heterocycles. The summed E-state index contributed by atoms with van der Waals surface area (Å²) < 4.78 is 142. The minimum Gasteiger partial charge on any atom is -0.463 e. The maximum absolute atomic E-state index is 13.7. The van der Waals surface area contributed by atoms with Gasteiger partial charge in [0.1, 0.15) is 87.6 Å². The third kappa shape index (κ3) is 26.9. The summed E-state index contributed by atoms with van der Waals surface area (Å²) in [6, 6.07) is 8.21. The summed E-state index contributed by atoms with van der Waals surface area (Å²) >= 11 is 0. The monoisotopic (exact) mass is 1590 g/mol. The summed E-state index contributed by atoms with van der Waals surface area (Å²) in [5.74, 6) is -17.4. The molecule has 23 atom stereocenters. The van der Waals surface area contributed by atoms with Gasteiger partial charge in [-0.15, -0.1) is 5.10 Å². The van der Waals surface area contributed by atoms with Crippen LogP contribution >= 0.6 is 0 Å². The van der Waals surface area contributed by atoms with E-state index in [2.05, 4.69) is 10.2 Å². The number of esters is 16. The number of rotatable bonds is 33. The van der Waals surface area contributed by atoms with Crippen molar-refractivity contribution in [2.24, 2.45) is 0 Å². The van der Waals surface area contributed by atoms with E-state index in [-0.39, 0.29) is 5.69 Å². The molecule has 1 aromatic carbocycles. The molecular formula is C68H87N3O40. The number of ether oxygens (including phenoxy) is 24. The largest absolute Gasteiger partial charge is 0.463 e. The van der Waals surface area contributed by atoms with E-state index in [4.69, 9.17) is 114 Å². The first-order valence-corrected chi connectivity index (χ1v) is 34.0. The quantitative estimate of drug-likeness (QED) is 0.0639. The van der Waals surface area contributed by atoms with Crippen LogP contribution in [0.1, 0.15) is 123 Å². The van der Waals surface area contributed by atoms with Gasteiger partial charge < -0.3 is 114 Å². The Hall–Kier alpha value is -10.4. The molecule has 0 aliphatic carbocycles. The van der Waals surface area contributed by atoms with Gasteiger partial charge in [-0.3, -0.25) is 76.7 Å². The molecule has 5 heterocycles. The van der Waals surface area contributed by atoms with Crippen molar-refractivity contribution in [1.29, 1.82) is 0 Å². The fourth-order valence-electron chi connectivity index (χ4n) is 11.8. The lowest BCUT2D eigenvalue weighted by atomic mass is 9.94. The summed E-state index contributed by atoms with van der Waals surface area (Å²) in [5, 5.41) is 8.77. The highest BCUT2D eigenvalue weighted by Gasteiger charge is 2.62. The minimum atomic E-state index is -2.34. The average Bonchev–Trinajstić information content (AvgIpc) is 1.16. The number of benzene rings is 1. The predicted molar refractivity (Wildman–Crippen MR) is 349 cm³/mol. The second-order valence-corrected chi connectivity index (χ2v) is 24.8. The van der Waals surface area contributed by atoms with E-state index in [1.807, 2.05) is 0 Å². The maximum Gasteiger partial charge on any atom is 0.303 e. The SMILES string of the molecule is CC(=O)OCC(OC(C)=O)C(O[C@@H]1O[C@H](COC(C)=O)[C@@H](O[C@@H]2O[C@H](COC(C)=O)[C@@H](O[C@@H]3O[C@H](COC(C)=O)[C@@H](O[C@@H]4O[C@H](COC(C)=O)[C@@H](OC(C)=O)[C@H](OC(C)=O)[C@H]4OC(C)=O)[C@H](OC(C)=O)[C@H]3OC(C)=O)[C@H](OC(C)=O)[C@H]2OC(C)=O)[C@H](OC(C)=O)[C@H]1OC(C)=O)C(OC(C)=O)c1cnn(-c2ccccc2)n1. The molecule has 0 bridgehead atoms. The first kappa shape index (κ1) is 89.5. The molecule has 0 amide bonds. The minimum absolute atomic E-state index is 0.239. The molecule has 0 N–H and O–H groups in total. The normalized spacial score (nSPS) is 28.3. The van der Waals surface area contributed by atoms with Gasteiger partial charge in [0.25, 0.3) is 0 Å². The second-order valence-electron chi connectivity index (χ2n) is 24.8. The van der Waals surface area contributed by atoms with Crippen LogP contribution in [0.3, 0.4) is 0 Å². The molecule has 4 fully saturated rings. The topological polar surface area (TPSA) is 525 Å². The highest BCUT2D eigenvalue weighted by molar-refractivity contribution is 5.72. The number of para-hydroxylation sites is 1. The Kier molecular flexibility index (Phi) is 33.5. The molecular weight excluding hydrogens is 1500 g/mol. The molecule has 4 aliphatic rings. The van der Waals surface area contributed by atoms with Crippen molar-refractivity contribution in [3.63, 3.8) is 0 Å². The van der Waals surface area contributed by atoms with Crippen LogP contribution in [0.4, 0.5) is 0 Å². The van der Waals surface area contributed by atoms with Gasteiger partial charge in [-0.1, -0.05) is 18.2 Å². The number of hydrogen-bond donors (Lipinski definition) is 0. The lowest BCUT2D eigenvalue weighted by Gasteiger charge is -2.51. The van der Waals surface area contributed by atoms with Crippen LogP contribution in [0, 0.1) is 0 Å². The molecule has 1 aromatic heterocycles. The third-order valence-electron chi connectivity index (χ3n) is 15.6. The molecule has 614 valence electrons. The van der Waals surface area contributed by atoms with Crippen LogP contribution in [0.15, 0.2) is 36.5 Å². The zero-order valence-corrected chi connectivity index (χ0v) is 63.0. The van der Waals surface area contributed by atoms with E-state index in [1.54, 1.807) is 30.3 Å². The molecule has 6 rings (SSSR count). The fraction of sp³-hybridized carbons (Fsp3) is 0.647.